The fourth-order valence-corrected chi connectivity index (χ4v) is 4.98. The van der Waals surface area contributed by atoms with Gasteiger partial charge in [-0.25, -0.2) is 0 Å². The highest BCUT2D eigenvalue weighted by Crippen LogP contribution is 2.51. The molecule has 1 aliphatic carbocycles. The van der Waals surface area contributed by atoms with Crippen LogP contribution in [0, 0.1) is 0 Å². The van der Waals surface area contributed by atoms with Crippen molar-refractivity contribution in [3.63, 3.8) is 0 Å². The van der Waals surface area contributed by atoms with E-state index < -0.39 is 0 Å². The predicted molar refractivity (Wildman–Crippen MR) is 130 cm³/mol. The number of phenolic OH excluding ortho intramolecular Hbond substituents is 2. The van der Waals surface area contributed by atoms with Crippen LogP contribution in [0.25, 0.3) is 21.9 Å². The number of hydrogen-bond donors (Lipinski definition) is 2. The molecule has 1 aliphatic rings. The van der Waals surface area contributed by atoms with Crippen molar-refractivity contribution < 1.29 is 15.0 Å². The Balaban J connectivity index is 1.57. The molecule has 0 aliphatic heterocycles. The molecule has 0 amide bonds. The van der Waals surface area contributed by atoms with Crippen LogP contribution in [0.15, 0.2) is 103 Å². The molecule has 6 rings (SSSR count). The summed E-state index contributed by atoms with van der Waals surface area (Å²) in [6, 6.07) is 32.3. The summed E-state index contributed by atoms with van der Waals surface area (Å²) in [7, 11) is 0. The zero-order valence-electron chi connectivity index (χ0n) is 17.7. The Kier molecular flexibility index (Phi) is 4.30. The Morgan fingerprint density at radius 1 is 0.636 bits per heavy atom. The molecule has 3 heteroatoms. The first-order valence-corrected chi connectivity index (χ1v) is 10.9. The van der Waals surface area contributed by atoms with Crippen LogP contribution in [0.3, 0.4) is 0 Å². The molecule has 33 heavy (non-hydrogen) atoms. The first-order valence-electron chi connectivity index (χ1n) is 10.9. The topological polar surface area (TPSA) is 57.5 Å². The van der Waals surface area contributed by atoms with Gasteiger partial charge in [0.25, 0.3) is 0 Å². The molecule has 0 radical (unpaired) electrons. The fourth-order valence-electron chi connectivity index (χ4n) is 4.98. The van der Waals surface area contributed by atoms with Gasteiger partial charge in [-0.15, -0.1) is 0 Å². The fraction of sp³-hybridized carbons (Fsp3) is 0.0333. The summed E-state index contributed by atoms with van der Waals surface area (Å²) in [4.78, 5) is 13.2. The molecule has 1 atom stereocenters. The molecule has 5 aromatic carbocycles. The molecular formula is C30H20O3. The standard InChI is InChI=1S/C30H20O3/c31-22-11-5-19(6-12-22)28-27-17-21(30(33)20-7-13-23(32)14-8-20)10-15-25(27)26-16-9-18-3-1-2-4-24(18)29(26)28/h1-17,28,31-32H. The molecule has 5 aromatic rings. The van der Waals surface area contributed by atoms with Gasteiger partial charge in [-0.05, 0) is 81.1 Å². The van der Waals surface area contributed by atoms with Crippen molar-refractivity contribution in [3.8, 4) is 22.6 Å². The number of ketones is 1. The number of rotatable bonds is 3. The maximum atomic E-state index is 13.2. The lowest BCUT2D eigenvalue weighted by Gasteiger charge is -2.17. The second-order valence-electron chi connectivity index (χ2n) is 8.45. The van der Waals surface area contributed by atoms with E-state index in [1.54, 1.807) is 24.3 Å². The summed E-state index contributed by atoms with van der Waals surface area (Å²) in [6.07, 6.45) is 0. The zero-order valence-corrected chi connectivity index (χ0v) is 17.7. The molecule has 0 aromatic heterocycles. The van der Waals surface area contributed by atoms with Gasteiger partial charge in [-0.1, -0.05) is 60.7 Å². The van der Waals surface area contributed by atoms with Crippen LogP contribution in [0.1, 0.15) is 38.5 Å². The Morgan fingerprint density at radius 3 is 2.03 bits per heavy atom. The van der Waals surface area contributed by atoms with Gasteiger partial charge in [-0.3, -0.25) is 4.79 Å². The van der Waals surface area contributed by atoms with Gasteiger partial charge in [0.05, 0.1) is 0 Å². The average molecular weight is 428 g/mol. The van der Waals surface area contributed by atoms with Crippen molar-refractivity contribution >= 4 is 16.6 Å². The molecule has 0 spiro atoms. The summed E-state index contributed by atoms with van der Waals surface area (Å²) < 4.78 is 0. The Hall–Kier alpha value is -4.37. The molecule has 1 unspecified atom stereocenters. The molecular weight excluding hydrogens is 408 g/mol. The third-order valence-electron chi connectivity index (χ3n) is 6.53. The molecule has 3 nitrogen and oxygen atoms in total. The van der Waals surface area contributed by atoms with E-state index in [1.165, 1.54) is 34.0 Å². The van der Waals surface area contributed by atoms with E-state index >= 15 is 0 Å². The number of carbonyl (C=O) groups excluding carboxylic acids is 1. The van der Waals surface area contributed by atoms with E-state index in [1.807, 2.05) is 36.4 Å². The molecule has 0 saturated carbocycles. The van der Waals surface area contributed by atoms with Gasteiger partial charge in [0.1, 0.15) is 11.5 Å². The van der Waals surface area contributed by atoms with Gasteiger partial charge in [0.2, 0.25) is 0 Å². The highest BCUT2D eigenvalue weighted by molar-refractivity contribution is 6.10. The molecule has 158 valence electrons. The molecule has 0 saturated heterocycles. The maximum Gasteiger partial charge on any atom is 0.193 e. The van der Waals surface area contributed by atoms with Crippen LogP contribution in [-0.4, -0.2) is 16.0 Å². The lowest BCUT2D eigenvalue weighted by Crippen LogP contribution is -2.04. The van der Waals surface area contributed by atoms with Crippen molar-refractivity contribution in [1.82, 2.24) is 0 Å². The van der Waals surface area contributed by atoms with E-state index in [4.69, 9.17) is 0 Å². The summed E-state index contributed by atoms with van der Waals surface area (Å²) >= 11 is 0. The first kappa shape index (κ1) is 19.3. The van der Waals surface area contributed by atoms with E-state index in [-0.39, 0.29) is 23.2 Å². The van der Waals surface area contributed by atoms with E-state index in [9.17, 15) is 15.0 Å². The normalized spacial score (nSPS) is 14.1. The van der Waals surface area contributed by atoms with Crippen LogP contribution < -0.4 is 0 Å². The van der Waals surface area contributed by atoms with Crippen molar-refractivity contribution in [2.45, 2.75) is 5.92 Å². The third-order valence-corrected chi connectivity index (χ3v) is 6.53. The Labute approximate surface area is 191 Å². The number of benzene rings is 5. The Bertz CT molecular complexity index is 1530. The third kappa shape index (κ3) is 3.09. The predicted octanol–water partition coefficient (Wildman–Crippen LogP) is 6.64. The largest absolute Gasteiger partial charge is 0.508 e. The van der Waals surface area contributed by atoms with Crippen molar-refractivity contribution in [1.29, 1.82) is 0 Å². The number of aromatic hydroxyl groups is 2. The highest BCUT2D eigenvalue weighted by atomic mass is 16.3. The number of hydrogen-bond acceptors (Lipinski definition) is 3. The second kappa shape index (κ2) is 7.35. The second-order valence-corrected chi connectivity index (χ2v) is 8.45. The van der Waals surface area contributed by atoms with Gasteiger partial charge in [0, 0.05) is 17.0 Å². The van der Waals surface area contributed by atoms with Crippen LogP contribution in [0.5, 0.6) is 11.5 Å². The monoisotopic (exact) mass is 428 g/mol. The van der Waals surface area contributed by atoms with Crippen LogP contribution in [-0.2, 0) is 0 Å². The van der Waals surface area contributed by atoms with Crippen molar-refractivity contribution in [2.24, 2.45) is 0 Å². The van der Waals surface area contributed by atoms with E-state index in [2.05, 4.69) is 30.3 Å². The number of fused-ring (bicyclic) bond motifs is 5. The summed E-state index contributed by atoms with van der Waals surface area (Å²) in [5, 5.41) is 21.8. The SMILES string of the molecule is O=C(c1ccc(O)cc1)c1ccc2c(c1)C(c1ccc(O)cc1)c1c-2ccc2ccccc12. The number of phenols is 2. The lowest BCUT2D eigenvalue weighted by molar-refractivity contribution is 0.103. The average Bonchev–Trinajstić information content (AvgIpc) is 3.19. The summed E-state index contributed by atoms with van der Waals surface area (Å²) in [5.74, 6) is 0.235. The minimum Gasteiger partial charge on any atom is -0.508 e. The van der Waals surface area contributed by atoms with Crippen LogP contribution in [0.2, 0.25) is 0 Å². The minimum atomic E-state index is -0.0805. The first-order chi connectivity index (χ1) is 16.1. The molecule has 0 heterocycles. The van der Waals surface area contributed by atoms with Gasteiger partial charge in [-0.2, -0.15) is 0 Å². The van der Waals surface area contributed by atoms with Gasteiger partial charge < -0.3 is 10.2 Å². The highest BCUT2D eigenvalue weighted by Gasteiger charge is 2.32. The summed E-state index contributed by atoms with van der Waals surface area (Å²) in [6.45, 7) is 0. The van der Waals surface area contributed by atoms with Gasteiger partial charge >= 0.3 is 0 Å². The van der Waals surface area contributed by atoms with E-state index in [0.29, 0.717) is 11.1 Å². The summed E-state index contributed by atoms with van der Waals surface area (Å²) in [5.41, 5.74) is 6.81. The molecule has 0 bridgehead atoms. The van der Waals surface area contributed by atoms with Crippen molar-refractivity contribution in [2.75, 3.05) is 0 Å². The molecule has 0 fully saturated rings. The molecule has 2 N–H and O–H groups in total. The van der Waals surface area contributed by atoms with Crippen LogP contribution >= 0.6 is 0 Å². The van der Waals surface area contributed by atoms with E-state index in [0.717, 1.165) is 16.7 Å². The quantitative estimate of drug-likeness (QED) is 0.311. The lowest BCUT2D eigenvalue weighted by atomic mass is 9.86. The zero-order chi connectivity index (χ0) is 22.5. The minimum absolute atomic E-state index is 0.0470. The van der Waals surface area contributed by atoms with Crippen molar-refractivity contribution in [3.05, 3.63) is 131 Å². The Morgan fingerprint density at radius 2 is 1.27 bits per heavy atom. The smallest absolute Gasteiger partial charge is 0.193 e. The maximum absolute atomic E-state index is 13.2. The number of carbonyl (C=O) groups is 1. The van der Waals surface area contributed by atoms with Crippen LogP contribution in [0.4, 0.5) is 0 Å². The van der Waals surface area contributed by atoms with Gasteiger partial charge in [0.15, 0.2) is 5.78 Å².